The van der Waals surface area contributed by atoms with Crippen molar-refractivity contribution in [2.75, 3.05) is 5.32 Å². The molecule has 0 aromatic heterocycles. The Morgan fingerprint density at radius 2 is 1.81 bits per heavy atom. The molecule has 0 aliphatic rings. The fraction of sp³-hybridized carbons (Fsp3) is 0.235. The highest BCUT2D eigenvalue weighted by Crippen LogP contribution is 2.17. The zero-order chi connectivity index (χ0) is 15.2. The lowest BCUT2D eigenvalue weighted by Gasteiger charge is -2.07. The third-order valence-corrected chi connectivity index (χ3v) is 3.21. The van der Waals surface area contributed by atoms with E-state index >= 15 is 0 Å². The monoisotopic (exact) mass is 289 g/mol. The summed E-state index contributed by atoms with van der Waals surface area (Å²) < 4.78 is 26.5. The number of amides is 1. The molecule has 110 valence electrons. The second-order valence-corrected chi connectivity index (χ2v) is 4.88. The van der Waals surface area contributed by atoms with Crippen LogP contribution in [0.2, 0.25) is 0 Å². The van der Waals surface area contributed by atoms with Crippen molar-refractivity contribution in [1.29, 1.82) is 0 Å². The number of benzene rings is 2. The van der Waals surface area contributed by atoms with Crippen molar-refractivity contribution < 1.29 is 13.6 Å². The van der Waals surface area contributed by atoms with Gasteiger partial charge in [0.2, 0.25) is 0 Å². The first-order valence-corrected chi connectivity index (χ1v) is 6.95. The van der Waals surface area contributed by atoms with E-state index in [1.165, 1.54) is 0 Å². The Kier molecular flexibility index (Phi) is 5.04. The predicted octanol–water partition coefficient (Wildman–Crippen LogP) is 4.56. The van der Waals surface area contributed by atoms with Gasteiger partial charge in [-0.15, -0.1) is 0 Å². The molecule has 0 spiro atoms. The summed E-state index contributed by atoms with van der Waals surface area (Å²) in [5.41, 5.74) is 1.42. The van der Waals surface area contributed by atoms with Crippen molar-refractivity contribution in [1.82, 2.24) is 0 Å². The highest BCUT2D eigenvalue weighted by molar-refractivity contribution is 6.04. The minimum absolute atomic E-state index is 0.157. The summed E-state index contributed by atoms with van der Waals surface area (Å²) in [6.07, 6.45) is 3.18. The van der Waals surface area contributed by atoms with Crippen molar-refractivity contribution >= 4 is 11.6 Å². The molecule has 0 saturated carbocycles. The Bertz CT molecular complexity index is 623. The lowest BCUT2D eigenvalue weighted by Crippen LogP contribution is -2.13. The van der Waals surface area contributed by atoms with E-state index in [1.807, 2.05) is 12.1 Å². The first-order chi connectivity index (χ1) is 10.1. The number of carbonyl (C=O) groups excluding carboxylic acids is 1. The fourth-order valence-electron chi connectivity index (χ4n) is 1.99. The number of anilines is 1. The summed E-state index contributed by atoms with van der Waals surface area (Å²) in [5.74, 6) is -1.72. The van der Waals surface area contributed by atoms with E-state index in [0.717, 1.165) is 43.0 Å². The highest BCUT2D eigenvalue weighted by atomic mass is 19.1. The number of hydrogen-bond acceptors (Lipinski definition) is 1. The maximum atomic E-state index is 13.5. The van der Waals surface area contributed by atoms with E-state index in [2.05, 4.69) is 12.2 Å². The van der Waals surface area contributed by atoms with Gasteiger partial charge < -0.3 is 5.32 Å². The maximum absolute atomic E-state index is 13.5. The number of carbonyl (C=O) groups is 1. The number of unbranched alkanes of at least 4 members (excludes halogenated alkanes) is 1. The first-order valence-electron chi connectivity index (χ1n) is 6.95. The van der Waals surface area contributed by atoms with E-state index in [0.29, 0.717) is 5.56 Å². The molecule has 2 aromatic rings. The molecule has 21 heavy (non-hydrogen) atoms. The summed E-state index contributed by atoms with van der Waals surface area (Å²) in [4.78, 5) is 12.0. The molecule has 0 radical (unpaired) electrons. The Morgan fingerprint density at radius 1 is 1.10 bits per heavy atom. The summed E-state index contributed by atoms with van der Waals surface area (Å²) in [6, 6.07) is 10.1. The molecule has 0 heterocycles. The average molecular weight is 289 g/mol. The van der Waals surface area contributed by atoms with Gasteiger partial charge in [0.1, 0.15) is 11.6 Å². The van der Waals surface area contributed by atoms with Gasteiger partial charge in [-0.2, -0.15) is 0 Å². The van der Waals surface area contributed by atoms with E-state index < -0.39 is 17.5 Å². The van der Waals surface area contributed by atoms with Crippen LogP contribution in [0.4, 0.5) is 14.5 Å². The van der Waals surface area contributed by atoms with Crippen LogP contribution >= 0.6 is 0 Å². The van der Waals surface area contributed by atoms with Gasteiger partial charge in [-0.3, -0.25) is 4.79 Å². The van der Waals surface area contributed by atoms with E-state index in [9.17, 15) is 13.6 Å². The van der Waals surface area contributed by atoms with Gasteiger partial charge in [0, 0.05) is 11.6 Å². The summed E-state index contributed by atoms with van der Waals surface area (Å²) >= 11 is 0. The Labute approximate surface area is 122 Å². The molecule has 0 bridgehead atoms. The van der Waals surface area contributed by atoms with E-state index in [1.54, 1.807) is 12.1 Å². The molecule has 2 aromatic carbocycles. The Balaban J connectivity index is 2.07. The standard InChI is InChI=1S/C17H17F2NO/c1-2-3-4-12-5-7-13(8-6-12)17(21)20-16-11-14(18)9-10-15(16)19/h5-11H,2-4H2,1H3,(H,20,21). The van der Waals surface area contributed by atoms with Crippen molar-refractivity contribution in [2.45, 2.75) is 26.2 Å². The third-order valence-electron chi connectivity index (χ3n) is 3.21. The van der Waals surface area contributed by atoms with Crippen LogP contribution < -0.4 is 5.32 Å². The molecular formula is C17H17F2NO. The molecule has 0 fully saturated rings. The van der Waals surface area contributed by atoms with Crippen molar-refractivity contribution in [3.8, 4) is 0 Å². The van der Waals surface area contributed by atoms with Gasteiger partial charge in [-0.1, -0.05) is 25.5 Å². The molecule has 0 aliphatic carbocycles. The Hall–Kier alpha value is -2.23. The van der Waals surface area contributed by atoms with E-state index in [-0.39, 0.29) is 5.69 Å². The summed E-state index contributed by atoms with van der Waals surface area (Å²) in [5, 5.41) is 2.38. The topological polar surface area (TPSA) is 29.1 Å². The molecule has 0 atom stereocenters. The predicted molar refractivity (Wildman–Crippen MR) is 79.4 cm³/mol. The molecule has 4 heteroatoms. The minimum Gasteiger partial charge on any atom is -0.319 e. The Morgan fingerprint density at radius 3 is 2.48 bits per heavy atom. The summed E-state index contributed by atoms with van der Waals surface area (Å²) in [6.45, 7) is 2.12. The number of hydrogen-bond donors (Lipinski definition) is 1. The second kappa shape index (κ2) is 6.97. The quantitative estimate of drug-likeness (QED) is 0.859. The van der Waals surface area contributed by atoms with Crippen LogP contribution in [-0.2, 0) is 6.42 Å². The van der Waals surface area contributed by atoms with Crippen molar-refractivity contribution in [3.63, 3.8) is 0 Å². The van der Waals surface area contributed by atoms with Gasteiger partial charge in [0.15, 0.2) is 0 Å². The lowest BCUT2D eigenvalue weighted by molar-refractivity contribution is 0.102. The molecule has 0 unspecified atom stereocenters. The molecule has 2 rings (SSSR count). The number of rotatable bonds is 5. The van der Waals surface area contributed by atoms with Gasteiger partial charge >= 0.3 is 0 Å². The molecule has 1 amide bonds. The SMILES string of the molecule is CCCCc1ccc(C(=O)Nc2cc(F)ccc2F)cc1. The van der Waals surface area contributed by atoms with Crippen LogP contribution in [0.15, 0.2) is 42.5 Å². The first kappa shape index (κ1) is 15.2. The number of nitrogens with one attached hydrogen (secondary N) is 1. The summed E-state index contributed by atoms with van der Waals surface area (Å²) in [7, 11) is 0. The van der Waals surface area contributed by atoms with Crippen LogP contribution in [-0.4, -0.2) is 5.91 Å². The normalized spacial score (nSPS) is 10.4. The smallest absolute Gasteiger partial charge is 0.255 e. The van der Waals surface area contributed by atoms with Crippen LogP contribution in [0.5, 0.6) is 0 Å². The molecule has 2 nitrogen and oxygen atoms in total. The second-order valence-electron chi connectivity index (χ2n) is 4.88. The highest BCUT2D eigenvalue weighted by Gasteiger charge is 2.10. The van der Waals surface area contributed by atoms with Crippen LogP contribution in [0, 0.1) is 11.6 Å². The lowest BCUT2D eigenvalue weighted by atomic mass is 10.1. The third kappa shape index (κ3) is 4.12. The van der Waals surface area contributed by atoms with Crippen molar-refractivity contribution in [2.24, 2.45) is 0 Å². The largest absolute Gasteiger partial charge is 0.319 e. The number of aryl methyl sites for hydroxylation is 1. The molecule has 0 saturated heterocycles. The minimum atomic E-state index is -0.663. The zero-order valence-electron chi connectivity index (χ0n) is 11.8. The van der Waals surface area contributed by atoms with Crippen molar-refractivity contribution in [3.05, 3.63) is 65.2 Å². The molecule has 0 aliphatic heterocycles. The molecule has 1 N–H and O–H groups in total. The van der Waals surface area contributed by atoms with Crippen LogP contribution in [0.25, 0.3) is 0 Å². The van der Waals surface area contributed by atoms with E-state index in [4.69, 9.17) is 0 Å². The number of halogens is 2. The van der Waals surface area contributed by atoms with Crippen LogP contribution in [0.3, 0.4) is 0 Å². The maximum Gasteiger partial charge on any atom is 0.255 e. The van der Waals surface area contributed by atoms with Gasteiger partial charge in [-0.05, 0) is 42.7 Å². The van der Waals surface area contributed by atoms with Gasteiger partial charge in [0.05, 0.1) is 5.69 Å². The van der Waals surface area contributed by atoms with Gasteiger partial charge in [-0.25, -0.2) is 8.78 Å². The molecular weight excluding hydrogens is 272 g/mol. The van der Waals surface area contributed by atoms with Crippen LogP contribution in [0.1, 0.15) is 35.7 Å². The zero-order valence-corrected chi connectivity index (χ0v) is 11.8. The average Bonchev–Trinajstić information content (AvgIpc) is 2.49. The van der Waals surface area contributed by atoms with Gasteiger partial charge in [0.25, 0.3) is 5.91 Å². The fourth-order valence-corrected chi connectivity index (χ4v) is 1.99.